The number of hydrogen-bond acceptors (Lipinski definition) is 6. The molecule has 148 valence electrons. The Kier molecular flexibility index (Phi) is 11.1. The molecule has 0 aliphatic rings. The van der Waals surface area contributed by atoms with Crippen molar-refractivity contribution in [3.05, 3.63) is 42.5 Å². The van der Waals surface area contributed by atoms with Crippen LogP contribution in [0.2, 0.25) is 0 Å². The van der Waals surface area contributed by atoms with Gasteiger partial charge in [-0.1, -0.05) is 44.2 Å². The van der Waals surface area contributed by atoms with Crippen LogP contribution in [0.5, 0.6) is 0 Å². The lowest BCUT2D eigenvalue weighted by Gasteiger charge is -2.19. The Labute approximate surface area is 165 Å². The van der Waals surface area contributed by atoms with Gasteiger partial charge in [0, 0.05) is 11.5 Å². The average molecular weight is 392 g/mol. The van der Waals surface area contributed by atoms with Gasteiger partial charge in [0.1, 0.15) is 0 Å². The van der Waals surface area contributed by atoms with Crippen LogP contribution >= 0.6 is 11.9 Å². The molecule has 0 bridgehead atoms. The molecule has 0 aliphatic carbocycles. The van der Waals surface area contributed by atoms with E-state index in [2.05, 4.69) is 22.2 Å². The second-order valence-electron chi connectivity index (χ2n) is 6.47. The summed E-state index contributed by atoms with van der Waals surface area (Å²) in [6, 6.07) is 14.2. The third-order valence-corrected chi connectivity index (χ3v) is 4.35. The van der Waals surface area contributed by atoms with E-state index in [1.54, 1.807) is 6.92 Å². The van der Waals surface area contributed by atoms with Crippen molar-refractivity contribution in [2.75, 3.05) is 13.2 Å². The minimum atomic E-state index is -1.55. The van der Waals surface area contributed by atoms with E-state index in [9.17, 15) is 14.8 Å². The van der Waals surface area contributed by atoms with E-state index in [1.807, 2.05) is 44.2 Å². The van der Waals surface area contributed by atoms with Crippen LogP contribution in [0.1, 0.15) is 27.2 Å². The normalized spacial score (nSPS) is 11.7. The summed E-state index contributed by atoms with van der Waals surface area (Å²) in [5.41, 5.74) is 0. The van der Waals surface area contributed by atoms with Crippen LogP contribution in [0.3, 0.4) is 0 Å². The third-order valence-electron chi connectivity index (χ3n) is 3.58. The molecule has 2 aromatic rings. The van der Waals surface area contributed by atoms with Crippen LogP contribution < -0.4 is 10.0 Å². The minimum Gasteiger partial charge on any atom is -0.426 e. The summed E-state index contributed by atoms with van der Waals surface area (Å²) in [6.45, 7) is 5.96. The first-order valence-electron chi connectivity index (χ1n) is 9.02. The number of aliphatic hydroxyl groups is 1. The van der Waals surface area contributed by atoms with Gasteiger partial charge in [0.05, 0.1) is 12.5 Å². The Morgan fingerprint density at radius 3 is 2.37 bits per heavy atom. The van der Waals surface area contributed by atoms with Crippen molar-refractivity contribution in [1.29, 1.82) is 0 Å². The molecule has 1 amide bonds. The van der Waals surface area contributed by atoms with Crippen molar-refractivity contribution in [1.82, 2.24) is 10.0 Å². The number of benzene rings is 2. The van der Waals surface area contributed by atoms with Crippen LogP contribution in [-0.2, 0) is 4.79 Å². The first kappa shape index (κ1) is 23.5. The molecule has 0 radical (unpaired) electrons. The fourth-order valence-corrected chi connectivity index (χ4v) is 3.13. The van der Waals surface area contributed by atoms with Gasteiger partial charge in [0.15, 0.2) is 0 Å². The van der Waals surface area contributed by atoms with Gasteiger partial charge in [0.2, 0.25) is 5.91 Å². The lowest BCUT2D eigenvalue weighted by atomic mass is 9.75. The number of nitrogens with one attached hydrogen (secondary N) is 2. The number of aliphatic hydroxyl groups excluding tert-OH is 1. The van der Waals surface area contributed by atoms with Gasteiger partial charge in [-0.05, 0) is 54.1 Å². The van der Waals surface area contributed by atoms with Crippen LogP contribution in [0.4, 0.5) is 0 Å². The van der Waals surface area contributed by atoms with E-state index < -0.39 is 13.1 Å². The van der Waals surface area contributed by atoms with Gasteiger partial charge in [-0.3, -0.25) is 9.52 Å². The topological polar surface area (TPSA) is 102 Å². The van der Waals surface area contributed by atoms with Crippen molar-refractivity contribution in [3.8, 4) is 0 Å². The maximum absolute atomic E-state index is 11.9. The molecule has 27 heavy (non-hydrogen) atoms. The zero-order chi connectivity index (χ0) is 20.2. The number of fused-ring (bicyclic) bond motifs is 1. The highest BCUT2D eigenvalue weighted by atomic mass is 32.2. The van der Waals surface area contributed by atoms with Gasteiger partial charge in [-0.15, -0.1) is 0 Å². The molecule has 0 aromatic heterocycles. The number of hydrogen-bond donors (Lipinski definition) is 5. The molecule has 0 spiro atoms. The van der Waals surface area contributed by atoms with Crippen molar-refractivity contribution in [2.24, 2.45) is 5.92 Å². The second kappa shape index (κ2) is 12.7. The molecule has 2 aromatic carbocycles. The second-order valence-corrected chi connectivity index (χ2v) is 7.43. The molecular weight excluding hydrogens is 363 g/mol. The van der Waals surface area contributed by atoms with Gasteiger partial charge in [-0.2, -0.15) is 0 Å². The van der Waals surface area contributed by atoms with E-state index in [4.69, 9.17) is 5.11 Å². The van der Waals surface area contributed by atoms with Crippen LogP contribution in [0.15, 0.2) is 47.4 Å². The molecule has 0 aliphatic heterocycles. The van der Waals surface area contributed by atoms with Crippen LogP contribution in [-0.4, -0.2) is 47.3 Å². The summed E-state index contributed by atoms with van der Waals surface area (Å²) in [7, 11) is -1.55. The Hall–Kier alpha value is -1.58. The first-order chi connectivity index (χ1) is 12.9. The lowest BCUT2D eigenvalue weighted by Crippen LogP contribution is -2.49. The highest BCUT2D eigenvalue weighted by Crippen LogP contribution is 2.21. The quantitative estimate of drug-likeness (QED) is 0.348. The first-order valence-corrected chi connectivity index (χ1v) is 9.83. The van der Waals surface area contributed by atoms with Gasteiger partial charge >= 0.3 is 7.12 Å². The lowest BCUT2D eigenvalue weighted by molar-refractivity contribution is -0.120. The molecule has 1 atom stereocenters. The molecule has 0 fully saturated rings. The maximum atomic E-state index is 11.9. The van der Waals surface area contributed by atoms with Crippen molar-refractivity contribution >= 4 is 35.7 Å². The smallest absolute Gasteiger partial charge is 0.426 e. The summed E-state index contributed by atoms with van der Waals surface area (Å²) in [5, 5.41) is 31.2. The largest absolute Gasteiger partial charge is 0.475 e. The molecule has 1 unspecified atom stereocenters. The molecule has 0 heterocycles. The van der Waals surface area contributed by atoms with E-state index in [0.717, 1.165) is 10.3 Å². The minimum absolute atomic E-state index is 0.0960. The fraction of sp³-hybridized carbons (Fsp3) is 0.421. The van der Waals surface area contributed by atoms with Crippen LogP contribution in [0.25, 0.3) is 10.8 Å². The SMILES string of the molecule is CC(C)CC(NC(=O)CNSc1ccc2ccccc2c1)B(O)O.CCO. The molecule has 6 nitrogen and oxygen atoms in total. The van der Waals surface area contributed by atoms with Crippen molar-refractivity contribution < 1.29 is 19.9 Å². The molecule has 0 saturated heterocycles. The van der Waals surface area contributed by atoms with Crippen molar-refractivity contribution in [2.45, 2.75) is 38.0 Å². The Morgan fingerprint density at radius 2 is 1.78 bits per heavy atom. The summed E-state index contributed by atoms with van der Waals surface area (Å²) >= 11 is 1.38. The number of carbonyl (C=O) groups is 1. The highest BCUT2D eigenvalue weighted by Gasteiger charge is 2.25. The summed E-state index contributed by atoms with van der Waals surface area (Å²) in [6.07, 6.45) is 0.515. The predicted molar refractivity (Wildman–Crippen MR) is 112 cm³/mol. The summed E-state index contributed by atoms with van der Waals surface area (Å²) in [5.74, 6) is -0.649. The van der Waals surface area contributed by atoms with Gasteiger partial charge in [-0.25, -0.2) is 0 Å². The standard InChI is InChI=1S/C17H23BN2O3S.C2H6O/c1-12(2)9-16(18(22)23)20-17(21)11-19-24-15-8-7-13-5-3-4-6-14(13)10-15;1-2-3/h3-8,10,12,16,19,22-23H,9,11H2,1-2H3,(H,20,21);3H,2H2,1H3. The zero-order valence-corrected chi connectivity index (χ0v) is 16.9. The number of amides is 1. The van der Waals surface area contributed by atoms with E-state index in [-0.39, 0.29) is 25.0 Å². The van der Waals surface area contributed by atoms with Crippen molar-refractivity contribution in [3.63, 3.8) is 0 Å². The fourth-order valence-electron chi connectivity index (χ4n) is 2.44. The average Bonchev–Trinajstić information content (AvgIpc) is 2.61. The Bertz CT molecular complexity index is 700. The maximum Gasteiger partial charge on any atom is 0.475 e. The molecule has 8 heteroatoms. The van der Waals surface area contributed by atoms with Crippen LogP contribution in [0, 0.1) is 5.92 Å². The zero-order valence-electron chi connectivity index (χ0n) is 16.1. The van der Waals surface area contributed by atoms with E-state index in [0.29, 0.717) is 6.42 Å². The molecular formula is C19H29BN2O4S. The number of carbonyl (C=O) groups excluding carboxylic acids is 1. The monoisotopic (exact) mass is 392 g/mol. The third kappa shape index (κ3) is 9.26. The van der Waals surface area contributed by atoms with E-state index >= 15 is 0 Å². The predicted octanol–water partition coefficient (Wildman–Crippen LogP) is 1.98. The molecule has 2 rings (SSSR count). The number of rotatable bonds is 8. The Morgan fingerprint density at radius 1 is 1.15 bits per heavy atom. The Balaban J connectivity index is 0.00000114. The highest BCUT2D eigenvalue weighted by molar-refractivity contribution is 7.97. The van der Waals surface area contributed by atoms with Gasteiger partial charge < -0.3 is 20.5 Å². The molecule has 5 N–H and O–H groups in total. The molecule has 0 saturated carbocycles. The summed E-state index contributed by atoms with van der Waals surface area (Å²) in [4.78, 5) is 12.9. The van der Waals surface area contributed by atoms with E-state index in [1.165, 1.54) is 17.3 Å². The summed E-state index contributed by atoms with van der Waals surface area (Å²) < 4.78 is 3.01. The van der Waals surface area contributed by atoms with Gasteiger partial charge in [0.25, 0.3) is 0 Å².